The van der Waals surface area contributed by atoms with Crippen LogP contribution in [0.5, 0.6) is 5.75 Å². The van der Waals surface area contributed by atoms with Crippen LogP contribution in [0.1, 0.15) is 27.2 Å². The van der Waals surface area contributed by atoms with Crippen LogP contribution in [0, 0.1) is 6.92 Å². The van der Waals surface area contributed by atoms with Gasteiger partial charge in [0.05, 0.1) is 19.3 Å². The van der Waals surface area contributed by atoms with Crippen molar-refractivity contribution < 1.29 is 9.53 Å². The molecular weight excluding hydrogens is 364 g/mol. The molecule has 0 aliphatic rings. The minimum Gasteiger partial charge on any atom is -0.496 e. The molecule has 3 rings (SSSR count). The Morgan fingerprint density at radius 2 is 2.00 bits per heavy atom. The molecular formula is C20H21ClN4O2. The van der Waals surface area contributed by atoms with Crippen molar-refractivity contribution >= 4 is 23.3 Å². The number of halogens is 1. The van der Waals surface area contributed by atoms with Crippen LogP contribution in [-0.4, -0.2) is 22.8 Å². The largest absolute Gasteiger partial charge is 0.496 e. The van der Waals surface area contributed by atoms with E-state index in [1.165, 1.54) is 0 Å². The van der Waals surface area contributed by atoms with Crippen molar-refractivity contribution in [1.29, 1.82) is 0 Å². The van der Waals surface area contributed by atoms with Crippen LogP contribution in [0.15, 0.2) is 48.5 Å². The highest BCUT2D eigenvalue weighted by molar-refractivity contribution is 6.30. The van der Waals surface area contributed by atoms with E-state index in [-0.39, 0.29) is 5.91 Å². The van der Waals surface area contributed by atoms with Crippen LogP contribution in [0.2, 0.25) is 5.02 Å². The zero-order valence-corrected chi connectivity index (χ0v) is 16.0. The molecule has 0 saturated heterocycles. The van der Waals surface area contributed by atoms with Crippen LogP contribution in [0.3, 0.4) is 0 Å². The number of amides is 1. The van der Waals surface area contributed by atoms with Gasteiger partial charge in [-0.2, -0.15) is 5.10 Å². The molecule has 6 nitrogen and oxygen atoms in total. The first kappa shape index (κ1) is 18.8. The molecule has 3 N–H and O–H groups in total. The van der Waals surface area contributed by atoms with Crippen LogP contribution < -0.4 is 15.8 Å². The lowest BCUT2D eigenvalue weighted by Gasteiger charge is -2.10. The van der Waals surface area contributed by atoms with E-state index in [0.717, 1.165) is 11.1 Å². The van der Waals surface area contributed by atoms with Gasteiger partial charge >= 0.3 is 0 Å². The molecule has 1 heterocycles. The molecule has 0 bridgehead atoms. The number of aromatic nitrogens is 2. The molecule has 140 valence electrons. The molecule has 0 spiro atoms. The van der Waals surface area contributed by atoms with E-state index in [1.807, 2.05) is 36.4 Å². The summed E-state index contributed by atoms with van der Waals surface area (Å²) in [6.07, 6.45) is 0. The Hall–Kier alpha value is -2.99. The third-order valence-corrected chi connectivity index (χ3v) is 4.49. The third-order valence-electron chi connectivity index (χ3n) is 4.26. The lowest BCUT2D eigenvalue weighted by molar-refractivity contribution is 0.0951. The zero-order valence-electron chi connectivity index (χ0n) is 15.2. The highest BCUT2D eigenvalue weighted by Crippen LogP contribution is 2.23. The topological polar surface area (TPSA) is 82.2 Å². The number of hydrogen-bond donors (Lipinski definition) is 2. The molecule has 0 radical (unpaired) electrons. The third kappa shape index (κ3) is 4.23. The number of benzene rings is 2. The van der Waals surface area contributed by atoms with E-state index in [2.05, 4.69) is 10.4 Å². The molecule has 3 aromatic rings. The second-order valence-corrected chi connectivity index (χ2v) is 6.56. The number of hydrogen-bond acceptors (Lipinski definition) is 4. The normalized spacial score (nSPS) is 10.6. The summed E-state index contributed by atoms with van der Waals surface area (Å²) < 4.78 is 6.95. The molecule has 0 atom stereocenters. The quantitative estimate of drug-likeness (QED) is 0.682. The maximum Gasteiger partial charge on any atom is 0.257 e. The Bertz CT molecular complexity index is 954. The number of nitrogen functional groups attached to an aromatic ring is 1. The van der Waals surface area contributed by atoms with Gasteiger partial charge in [-0.05, 0) is 24.6 Å². The molecule has 2 aromatic carbocycles. The van der Waals surface area contributed by atoms with E-state index < -0.39 is 0 Å². The molecule has 1 aromatic heterocycles. The van der Waals surface area contributed by atoms with Crippen LogP contribution >= 0.6 is 11.6 Å². The Morgan fingerprint density at radius 1 is 1.26 bits per heavy atom. The maximum absolute atomic E-state index is 12.7. The van der Waals surface area contributed by atoms with Gasteiger partial charge < -0.3 is 15.8 Å². The predicted molar refractivity (Wildman–Crippen MR) is 106 cm³/mol. The van der Waals surface area contributed by atoms with E-state index in [9.17, 15) is 4.79 Å². The Labute approximate surface area is 162 Å². The molecule has 1 amide bonds. The number of nitrogens with two attached hydrogens (primary N) is 1. The van der Waals surface area contributed by atoms with Gasteiger partial charge in [0.2, 0.25) is 0 Å². The van der Waals surface area contributed by atoms with Gasteiger partial charge in [-0.1, -0.05) is 48.0 Å². The van der Waals surface area contributed by atoms with Gasteiger partial charge in [0, 0.05) is 17.1 Å². The zero-order chi connectivity index (χ0) is 19.4. The van der Waals surface area contributed by atoms with Gasteiger partial charge in [0.1, 0.15) is 17.1 Å². The number of anilines is 1. The molecule has 0 saturated carbocycles. The molecule has 0 aliphatic carbocycles. The van der Waals surface area contributed by atoms with Crippen molar-refractivity contribution in [2.75, 3.05) is 12.8 Å². The van der Waals surface area contributed by atoms with Crippen molar-refractivity contribution in [1.82, 2.24) is 15.1 Å². The van der Waals surface area contributed by atoms with Crippen molar-refractivity contribution in [3.8, 4) is 5.75 Å². The number of carbonyl (C=O) groups is 1. The number of rotatable bonds is 6. The van der Waals surface area contributed by atoms with Crippen LogP contribution in [0.25, 0.3) is 0 Å². The first-order chi connectivity index (χ1) is 13.0. The summed E-state index contributed by atoms with van der Waals surface area (Å²) in [5, 5.41) is 7.86. The van der Waals surface area contributed by atoms with Gasteiger partial charge in [-0.25, -0.2) is 4.68 Å². The number of ether oxygens (including phenoxy) is 1. The fourth-order valence-corrected chi connectivity index (χ4v) is 3.05. The standard InChI is InChI=1S/C20H21ClN4O2/c1-13-18(19(22)25(24-13)12-14-6-4-3-5-7-14)20(26)23-11-15-8-9-16(21)10-17(15)27-2/h3-10H,11-12,22H2,1-2H3,(H,23,26). The van der Waals surface area contributed by atoms with Gasteiger partial charge in [-0.3, -0.25) is 4.79 Å². The summed E-state index contributed by atoms with van der Waals surface area (Å²) in [6.45, 7) is 2.57. The summed E-state index contributed by atoms with van der Waals surface area (Å²) in [4.78, 5) is 12.7. The number of nitrogens with zero attached hydrogens (tertiary/aromatic N) is 2. The van der Waals surface area contributed by atoms with Crippen molar-refractivity contribution in [3.63, 3.8) is 0 Å². The van der Waals surface area contributed by atoms with E-state index in [0.29, 0.717) is 40.9 Å². The minimum atomic E-state index is -0.277. The lowest BCUT2D eigenvalue weighted by Crippen LogP contribution is -2.24. The fourth-order valence-electron chi connectivity index (χ4n) is 2.89. The Morgan fingerprint density at radius 3 is 2.70 bits per heavy atom. The van der Waals surface area contributed by atoms with Crippen LogP contribution in [-0.2, 0) is 13.1 Å². The Balaban J connectivity index is 1.75. The van der Waals surface area contributed by atoms with Gasteiger partial charge in [0.15, 0.2) is 0 Å². The molecule has 27 heavy (non-hydrogen) atoms. The first-order valence-corrected chi connectivity index (χ1v) is 8.84. The summed E-state index contributed by atoms with van der Waals surface area (Å²) in [6, 6.07) is 15.1. The second-order valence-electron chi connectivity index (χ2n) is 6.13. The highest BCUT2D eigenvalue weighted by Gasteiger charge is 2.20. The summed E-state index contributed by atoms with van der Waals surface area (Å²) >= 11 is 5.97. The SMILES string of the molecule is COc1cc(Cl)ccc1CNC(=O)c1c(C)nn(Cc2ccccc2)c1N. The van der Waals surface area contributed by atoms with E-state index in [1.54, 1.807) is 30.8 Å². The predicted octanol–water partition coefficient (Wildman–Crippen LogP) is 3.41. The Kier molecular flexibility index (Phi) is 5.66. The number of aryl methyl sites for hydroxylation is 1. The monoisotopic (exact) mass is 384 g/mol. The van der Waals surface area contributed by atoms with E-state index in [4.69, 9.17) is 22.1 Å². The minimum absolute atomic E-state index is 0.277. The molecule has 0 unspecified atom stereocenters. The highest BCUT2D eigenvalue weighted by atomic mass is 35.5. The van der Waals surface area contributed by atoms with Gasteiger partial charge in [-0.15, -0.1) is 0 Å². The molecule has 7 heteroatoms. The van der Waals surface area contributed by atoms with Crippen LogP contribution in [0.4, 0.5) is 5.82 Å². The summed E-state index contributed by atoms with van der Waals surface area (Å²) in [5.74, 6) is 0.686. The number of carbonyl (C=O) groups excluding carboxylic acids is 1. The number of nitrogens with one attached hydrogen (secondary N) is 1. The van der Waals surface area contributed by atoms with Crippen molar-refractivity contribution in [2.45, 2.75) is 20.0 Å². The van der Waals surface area contributed by atoms with Crippen molar-refractivity contribution in [3.05, 3.63) is 75.9 Å². The lowest BCUT2D eigenvalue weighted by atomic mass is 10.1. The second kappa shape index (κ2) is 8.14. The maximum atomic E-state index is 12.7. The summed E-state index contributed by atoms with van der Waals surface area (Å²) in [5.41, 5.74) is 9.05. The average molecular weight is 385 g/mol. The van der Waals surface area contributed by atoms with E-state index >= 15 is 0 Å². The van der Waals surface area contributed by atoms with Crippen molar-refractivity contribution in [2.24, 2.45) is 0 Å². The van der Waals surface area contributed by atoms with Gasteiger partial charge in [0.25, 0.3) is 5.91 Å². The smallest absolute Gasteiger partial charge is 0.257 e. The molecule has 0 fully saturated rings. The number of methoxy groups -OCH3 is 1. The molecule has 0 aliphatic heterocycles. The fraction of sp³-hybridized carbons (Fsp3) is 0.200. The summed E-state index contributed by atoms with van der Waals surface area (Å²) in [7, 11) is 1.56. The average Bonchev–Trinajstić information content (AvgIpc) is 2.94. The first-order valence-electron chi connectivity index (χ1n) is 8.47.